The largest absolute Gasteiger partial charge is 0.207 e. The Morgan fingerprint density at radius 1 is 0.714 bits per heavy atom. The van der Waals surface area contributed by atoms with Crippen molar-refractivity contribution in [2.45, 2.75) is 33.1 Å². The molecule has 0 heterocycles. The zero-order valence-corrected chi connectivity index (χ0v) is 16.0. The van der Waals surface area contributed by atoms with E-state index >= 15 is 0 Å². The van der Waals surface area contributed by atoms with Crippen molar-refractivity contribution < 1.29 is 13.2 Å². The van der Waals surface area contributed by atoms with E-state index in [2.05, 4.69) is 11.8 Å². The summed E-state index contributed by atoms with van der Waals surface area (Å²) < 4.78 is 42.1. The van der Waals surface area contributed by atoms with Gasteiger partial charge in [0.15, 0.2) is 11.6 Å². The quantitative estimate of drug-likeness (QED) is 0.444. The van der Waals surface area contributed by atoms with Gasteiger partial charge in [0.05, 0.1) is 5.56 Å². The molecule has 0 aliphatic carbocycles. The van der Waals surface area contributed by atoms with Gasteiger partial charge in [0.25, 0.3) is 0 Å². The van der Waals surface area contributed by atoms with Gasteiger partial charge in [-0.2, -0.15) is 0 Å². The SMILES string of the molecule is CCCc1ccc(-c2ccc(C#Cc3ccc(CC)c(F)c3F)cc2)cc1F. The Morgan fingerprint density at radius 3 is 2.04 bits per heavy atom. The zero-order valence-electron chi connectivity index (χ0n) is 16.0. The molecular weight excluding hydrogens is 357 g/mol. The molecule has 0 saturated heterocycles. The molecule has 0 saturated carbocycles. The van der Waals surface area contributed by atoms with Crippen LogP contribution in [0, 0.1) is 29.3 Å². The van der Waals surface area contributed by atoms with E-state index in [1.54, 1.807) is 31.2 Å². The van der Waals surface area contributed by atoms with Crippen molar-refractivity contribution in [3.63, 3.8) is 0 Å². The Kier molecular flexibility index (Phi) is 6.21. The van der Waals surface area contributed by atoms with Crippen molar-refractivity contribution in [3.8, 4) is 23.0 Å². The first kappa shape index (κ1) is 19.8. The summed E-state index contributed by atoms with van der Waals surface area (Å²) in [7, 11) is 0. The summed E-state index contributed by atoms with van der Waals surface area (Å²) in [5, 5.41) is 0. The molecule has 0 aliphatic rings. The van der Waals surface area contributed by atoms with Gasteiger partial charge in [0, 0.05) is 5.56 Å². The van der Waals surface area contributed by atoms with Crippen molar-refractivity contribution in [2.75, 3.05) is 0 Å². The lowest BCUT2D eigenvalue weighted by atomic mass is 10.0. The molecule has 0 bridgehead atoms. The first-order valence-electron chi connectivity index (χ1n) is 9.41. The van der Waals surface area contributed by atoms with E-state index in [0.29, 0.717) is 17.5 Å². The number of hydrogen-bond donors (Lipinski definition) is 0. The van der Waals surface area contributed by atoms with Gasteiger partial charge in [-0.05, 0) is 59.4 Å². The van der Waals surface area contributed by atoms with Crippen LogP contribution in [0.3, 0.4) is 0 Å². The van der Waals surface area contributed by atoms with Gasteiger partial charge < -0.3 is 0 Å². The Bertz CT molecular complexity index is 1040. The van der Waals surface area contributed by atoms with Crippen molar-refractivity contribution in [1.82, 2.24) is 0 Å². The summed E-state index contributed by atoms with van der Waals surface area (Å²) in [5.41, 5.74) is 3.43. The number of halogens is 3. The number of aryl methyl sites for hydroxylation is 2. The fourth-order valence-electron chi connectivity index (χ4n) is 3.04. The maximum absolute atomic E-state index is 14.1. The van der Waals surface area contributed by atoms with E-state index in [4.69, 9.17) is 0 Å². The second kappa shape index (κ2) is 8.80. The highest BCUT2D eigenvalue weighted by atomic mass is 19.2. The Hall–Kier alpha value is -2.99. The Morgan fingerprint density at radius 2 is 1.39 bits per heavy atom. The molecule has 0 nitrogen and oxygen atoms in total. The van der Waals surface area contributed by atoms with Crippen LogP contribution in [0.1, 0.15) is 42.5 Å². The van der Waals surface area contributed by atoms with Crippen molar-refractivity contribution in [2.24, 2.45) is 0 Å². The summed E-state index contributed by atoms with van der Waals surface area (Å²) in [5.74, 6) is 3.59. The van der Waals surface area contributed by atoms with Gasteiger partial charge in [0.2, 0.25) is 0 Å². The molecule has 0 aliphatic heterocycles. The third-order valence-corrected chi connectivity index (χ3v) is 4.68. The van der Waals surface area contributed by atoms with Gasteiger partial charge >= 0.3 is 0 Å². The first-order chi connectivity index (χ1) is 13.5. The number of hydrogen-bond acceptors (Lipinski definition) is 0. The predicted molar refractivity (Wildman–Crippen MR) is 108 cm³/mol. The third kappa shape index (κ3) is 4.28. The molecule has 0 radical (unpaired) electrons. The first-order valence-corrected chi connectivity index (χ1v) is 9.41. The summed E-state index contributed by atoms with van der Waals surface area (Å²) in [6, 6.07) is 15.6. The minimum Gasteiger partial charge on any atom is -0.207 e. The average Bonchev–Trinajstić information content (AvgIpc) is 2.71. The molecule has 0 spiro atoms. The molecule has 0 amide bonds. The Labute approximate surface area is 164 Å². The van der Waals surface area contributed by atoms with Crippen LogP contribution in [0.4, 0.5) is 13.2 Å². The van der Waals surface area contributed by atoms with Crippen LogP contribution >= 0.6 is 0 Å². The molecule has 0 atom stereocenters. The highest BCUT2D eigenvalue weighted by molar-refractivity contribution is 5.65. The third-order valence-electron chi connectivity index (χ3n) is 4.68. The van der Waals surface area contributed by atoms with E-state index in [1.165, 1.54) is 6.07 Å². The van der Waals surface area contributed by atoms with E-state index in [0.717, 1.165) is 29.5 Å². The Balaban J connectivity index is 1.82. The summed E-state index contributed by atoms with van der Waals surface area (Å²) in [6.45, 7) is 3.79. The topological polar surface area (TPSA) is 0 Å². The number of benzene rings is 3. The molecular formula is C25H21F3. The van der Waals surface area contributed by atoms with Crippen LogP contribution in [0.2, 0.25) is 0 Å². The molecule has 0 N–H and O–H groups in total. The molecule has 3 aromatic rings. The fourth-order valence-corrected chi connectivity index (χ4v) is 3.04. The molecule has 3 heteroatoms. The van der Waals surface area contributed by atoms with Crippen molar-refractivity contribution >= 4 is 0 Å². The average molecular weight is 378 g/mol. The van der Waals surface area contributed by atoms with Gasteiger partial charge in [-0.15, -0.1) is 0 Å². The van der Waals surface area contributed by atoms with Crippen molar-refractivity contribution in [3.05, 3.63) is 94.3 Å². The van der Waals surface area contributed by atoms with Gasteiger partial charge in [-0.1, -0.05) is 62.4 Å². The molecule has 3 rings (SSSR count). The monoisotopic (exact) mass is 378 g/mol. The molecule has 28 heavy (non-hydrogen) atoms. The van der Waals surface area contributed by atoms with Crippen LogP contribution < -0.4 is 0 Å². The maximum Gasteiger partial charge on any atom is 0.174 e. The number of rotatable bonds is 4. The molecule has 142 valence electrons. The van der Waals surface area contributed by atoms with Crippen LogP contribution in [0.5, 0.6) is 0 Å². The molecule has 0 aromatic heterocycles. The van der Waals surface area contributed by atoms with E-state index in [9.17, 15) is 13.2 Å². The highest BCUT2D eigenvalue weighted by Crippen LogP contribution is 2.23. The highest BCUT2D eigenvalue weighted by Gasteiger charge is 2.10. The normalized spacial score (nSPS) is 10.5. The lowest BCUT2D eigenvalue weighted by molar-refractivity contribution is 0.498. The second-order valence-electron chi connectivity index (χ2n) is 6.64. The predicted octanol–water partition coefficient (Wildman–Crippen LogP) is 6.69. The smallest absolute Gasteiger partial charge is 0.174 e. The minimum atomic E-state index is -0.911. The van der Waals surface area contributed by atoms with Crippen LogP contribution in [0.15, 0.2) is 54.6 Å². The van der Waals surface area contributed by atoms with E-state index < -0.39 is 11.6 Å². The summed E-state index contributed by atoms with van der Waals surface area (Å²) >= 11 is 0. The molecule has 0 unspecified atom stereocenters. The summed E-state index contributed by atoms with van der Waals surface area (Å²) in [6.07, 6.45) is 2.05. The minimum absolute atomic E-state index is 0.0346. The molecule has 0 fully saturated rings. The van der Waals surface area contributed by atoms with Crippen LogP contribution in [-0.2, 0) is 12.8 Å². The maximum atomic E-state index is 14.1. The van der Waals surface area contributed by atoms with Crippen LogP contribution in [-0.4, -0.2) is 0 Å². The standard InChI is InChI=1S/C25H21F3/c1-3-5-20-13-15-22(16-23(20)26)19-9-6-17(7-10-19)8-11-21-14-12-18(4-2)24(27)25(21)28/h6-7,9-10,12-16H,3-5H2,1-2H3. The van der Waals surface area contributed by atoms with E-state index in [1.807, 2.05) is 31.2 Å². The van der Waals surface area contributed by atoms with Gasteiger partial charge in [-0.3, -0.25) is 0 Å². The van der Waals surface area contributed by atoms with Gasteiger partial charge in [-0.25, -0.2) is 13.2 Å². The van der Waals surface area contributed by atoms with Crippen molar-refractivity contribution in [1.29, 1.82) is 0 Å². The van der Waals surface area contributed by atoms with Gasteiger partial charge in [0.1, 0.15) is 5.82 Å². The summed E-state index contributed by atoms with van der Waals surface area (Å²) in [4.78, 5) is 0. The molecule has 3 aromatic carbocycles. The zero-order chi connectivity index (χ0) is 20.1. The lowest BCUT2D eigenvalue weighted by Crippen LogP contribution is -1.96. The second-order valence-corrected chi connectivity index (χ2v) is 6.64. The van der Waals surface area contributed by atoms with Crippen LogP contribution in [0.25, 0.3) is 11.1 Å². The lowest BCUT2D eigenvalue weighted by Gasteiger charge is -2.06. The fraction of sp³-hybridized carbons (Fsp3) is 0.200. The van der Waals surface area contributed by atoms with E-state index in [-0.39, 0.29) is 11.4 Å².